The van der Waals surface area contributed by atoms with Gasteiger partial charge >= 0.3 is 0 Å². The van der Waals surface area contributed by atoms with Gasteiger partial charge in [-0.3, -0.25) is 30.1 Å². The standard InChI is InChI=1S/C19H18FN3O5/c1-27-15-7-6-12(8-13(15)20)9-17(24)21-22-18(25)10-23-14-4-2-3-5-16(14)28-11-19(23)26/h2-8H,9-11H2,1H3,(H,21,24)(H,22,25). The summed E-state index contributed by atoms with van der Waals surface area (Å²) in [7, 11) is 1.35. The number of anilines is 1. The highest BCUT2D eigenvalue weighted by atomic mass is 19.1. The van der Waals surface area contributed by atoms with Crippen molar-refractivity contribution in [2.45, 2.75) is 6.42 Å². The van der Waals surface area contributed by atoms with Gasteiger partial charge in [0.15, 0.2) is 18.2 Å². The third-order valence-electron chi connectivity index (χ3n) is 4.03. The number of ether oxygens (including phenoxy) is 2. The highest BCUT2D eigenvalue weighted by Gasteiger charge is 2.27. The molecule has 0 saturated heterocycles. The number of nitrogens with one attached hydrogen (secondary N) is 2. The molecule has 2 aromatic carbocycles. The maximum absolute atomic E-state index is 13.7. The van der Waals surface area contributed by atoms with E-state index in [4.69, 9.17) is 9.47 Å². The van der Waals surface area contributed by atoms with Gasteiger partial charge in [0.25, 0.3) is 11.8 Å². The van der Waals surface area contributed by atoms with Gasteiger partial charge in [-0.1, -0.05) is 18.2 Å². The molecule has 0 bridgehead atoms. The summed E-state index contributed by atoms with van der Waals surface area (Å²) in [4.78, 5) is 37.4. The Morgan fingerprint density at radius 1 is 1.18 bits per heavy atom. The van der Waals surface area contributed by atoms with E-state index in [9.17, 15) is 18.8 Å². The van der Waals surface area contributed by atoms with Crippen LogP contribution in [0.1, 0.15) is 5.56 Å². The molecule has 28 heavy (non-hydrogen) atoms. The van der Waals surface area contributed by atoms with Gasteiger partial charge in [-0.05, 0) is 29.8 Å². The fourth-order valence-electron chi connectivity index (χ4n) is 2.70. The molecule has 0 fully saturated rings. The van der Waals surface area contributed by atoms with Crippen LogP contribution in [0.4, 0.5) is 10.1 Å². The summed E-state index contributed by atoms with van der Waals surface area (Å²) in [5, 5.41) is 0. The molecule has 3 rings (SSSR count). The number of methoxy groups -OCH3 is 1. The molecule has 3 amide bonds. The van der Waals surface area contributed by atoms with Crippen LogP contribution in [-0.4, -0.2) is 38.0 Å². The minimum atomic E-state index is -0.584. The molecular formula is C19H18FN3O5. The summed E-state index contributed by atoms with van der Waals surface area (Å²) in [6.07, 6.45) is -0.138. The second kappa shape index (κ2) is 8.38. The Kier molecular flexibility index (Phi) is 5.73. The third kappa shape index (κ3) is 4.37. The molecule has 2 N–H and O–H groups in total. The monoisotopic (exact) mass is 387 g/mol. The number of benzene rings is 2. The topological polar surface area (TPSA) is 97.0 Å². The highest BCUT2D eigenvalue weighted by Crippen LogP contribution is 2.31. The number of hydrazine groups is 1. The van der Waals surface area contributed by atoms with Crippen LogP contribution < -0.4 is 25.2 Å². The normalized spacial score (nSPS) is 12.6. The van der Waals surface area contributed by atoms with Crippen LogP contribution in [-0.2, 0) is 20.8 Å². The summed E-state index contributed by atoms with van der Waals surface area (Å²) >= 11 is 0. The number of carbonyl (C=O) groups is 3. The van der Waals surface area contributed by atoms with E-state index >= 15 is 0 Å². The van der Waals surface area contributed by atoms with Crippen LogP contribution in [0.5, 0.6) is 11.5 Å². The molecule has 0 radical (unpaired) electrons. The van der Waals surface area contributed by atoms with E-state index in [0.717, 1.165) is 0 Å². The van der Waals surface area contributed by atoms with Crippen molar-refractivity contribution < 1.29 is 28.2 Å². The van der Waals surface area contributed by atoms with Crippen LogP contribution in [0.2, 0.25) is 0 Å². The number of para-hydroxylation sites is 2. The lowest BCUT2D eigenvalue weighted by Gasteiger charge is -2.28. The molecule has 2 aromatic rings. The summed E-state index contributed by atoms with van der Waals surface area (Å²) < 4.78 is 23.8. The van der Waals surface area contributed by atoms with Crippen molar-refractivity contribution in [3.8, 4) is 11.5 Å². The zero-order valence-corrected chi connectivity index (χ0v) is 15.0. The summed E-state index contributed by atoms with van der Waals surface area (Å²) in [5.74, 6) is -1.49. The molecular weight excluding hydrogens is 369 g/mol. The van der Waals surface area contributed by atoms with E-state index in [2.05, 4.69) is 10.9 Å². The third-order valence-corrected chi connectivity index (χ3v) is 4.03. The minimum absolute atomic E-state index is 0.0768. The van der Waals surface area contributed by atoms with Gasteiger partial charge in [0.05, 0.1) is 19.2 Å². The molecule has 0 unspecified atom stereocenters. The Hall–Kier alpha value is -3.62. The van der Waals surface area contributed by atoms with Crippen molar-refractivity contribution in [1.82, 2.24) is 10.9 Å². The second-order valence-corrected chi connectivity index (χ2v) is 5.98. The predicted octanol–water partition coefficient (Wildman–Crippen LogP) is 0.950. The maximum Gasteiger partial charge on any atom is 0.265 e. The zero-order chi connectivity index (χ0) is 20.1. The molecule has 1 aliphatic rings. The van der Waals surface area contributed by atoms with Crippen molar-refractivity contribution in [3.05, 3.63) is 53.8 Å². The van der Waals surface area contributed by atoms with Gasteiger partial charge in [-0.25, -0.2) is 4.39 Å². The molecule has 1 aliphatic heterocycles. The van der Waals surface area contributed by atoms with Crippen molar-refractivity contribution >= 4 is 23.4 Å². The fourth-order valence-corrected chi connectivity index (χ4v) is 2.70. The largest absolute Gasteiger partial charge is 0.494 e. The van der Waals surface area contributed by atoms with Crippen LogP contribution >= 0.6 is 0 Å². The predicted molar refractivity (Wildman–Crippen MR) is 97.2 cm³/mol. The van der Waals surface area contributed by atoms with Gasteiger partial charge in [0.1, 0.15) is 12.3 Å². The lowest BCUT2D eigenvalue weighted by Crippen LogP contribution is -2.50. The zero-order valence-electron chi connectivity index (χ0n) is 15.0. The molecule has 9 heteroatoms. The average molecular weight is 387 g/mol. The van der Waals surface area contributed by atoms with E-state index in [1.165, 1.54) is 24.1 Å². The van der Waals surface area contributed by atoms with Crippen molar-refractivity contribution in [1.29, 1.82) is 0 Å². The Morgan fingerprint density at radius 2 is 1.93 bits per heavy atom. The van der Waals surface area contributed by atoms with Gasteiger partial charge in [-0.15, -0.1) is 0 Å². The minimum Gasteiger partial charge on any atom is -0.494 e. The van der Waals surface area contributed by atoms with Gasteiger partial charge in [0, 0.05) is 0 Å². The van der Waals surface area contributed by atoms with E-state index in [-0.39, 0.29) is 31.2 Å². The maximum atomic E-state index is 13.7. The van der Waals surface area contributed by atoms with Crippen LogP contribution in [0, 0.1) is 5.82 Å². The molecule has 0 spiro atoms. The molecule has 146 valence electrons. The average Bonchev–Trinajstić information content (AvgIpc) is 2.69. The van der Waals surface area contributed by atoms with E-state index < -0.39 is 17.6 Å². The SMILES string of the molecule is COc1ccc(CC(=O)NNC(=O)CN2C(=O)COc3ccccc32)cc1F. The van der Waals surface area contributed by atoms with Crippen LogP contribution in [0.3, 0.4) is 0 Å². The van der Waals surface area contributed by atoms with Crippen LogP contribution in [0.15, 0.2) is 42.5 Å². The lowest BCUT2D eigenvalue weighted by molar-refractivity contribution is -0.129. The number of fused-ring (bicyclic) bond motifs is 1. The number of nitrogens with zero attached hydrogens (tertiary/aromatic N) is 1. The smallest absolute Gasteiger partial charge is 0.265 e. The van der Waals surface area contributed by atoms with E-state index in [0.29, 0.717) is 17.0 Å². The number of halogens is 1. The van der Waals surface area contributed by atoms with Gasteiger partial charge < -0.3 is 9.47 Å². The molecule has 0 atom stereocenters. The van der Waals surface area contributed by atoms with Crippen LogP contribution in [0.25, 0.3) is 0 Å². The first-order valence-electron chi connectivity index (χ1n) is 8.40. The Morgan fingerprint density at radius 3 is 2.68 bits per heavy atom. The van der Waals surface area contributed by atoms with Gasteiger partial charge in [0.2, 0.25) is 5.91 Å². The molecule has 0 aromatic heterocycles. The van der Waals surface area contributed by atoms with E-state index in [1.807, 2.05) is 0 Å². The Balaban J connectivity index is 1.54. The Labute approximate surface area is 160 Å². The second-order valence-electron chi connectivity index (χ2n) is 5.98. The highest BCUT2D eigenvalue weighted by molar-refractivity contribution is 6.02. The van der Waals surface area contributed by atoms with Crippen molar-refractivity contribution in [3.63, 3.8) is 0 Å². The number of hydrogen-bond acceptors (Lipinski definition) is 5. The molecule has 8 nitrogen and oxygen atoms in total. The Bertz CT molecular complexity index is 918. The lowest BCUT2D eigenvalue weighted by atomic mass is 10.1. The number of amides is 3. The summed E-state index contributed by atoms with van der Waals surface area (Å²) in [5.41, 5.74) is 5.39. The van der Waals surface area contributed by atoms with E-state index in [1.54, 1.807) is 30.3 Å². The number of carbonyl (C=O) groups excluding carboxylic acids is 3. The molecule has 0 aliphatic carbocycles. The first kappa shape index (κ1) is 19.2. The quantitative estimate of drug-likeness (QED) is 0.745. The van der Waals surface area contributed by atoms with Gasteiger partial charge in [-0.2, -0.15) is 0 Å². The summed E-state index contributed by atoms with van der Waals surface area (Å²) in [6, 6.07) is 11.0. The first-order valence-corrected chi connectivity index (χ1v) is 8.40. The molecule has 1 heterocycles. The summed E-state index contributed by atoms with van der Waals surface area (Å²) in [6.45, 7) is -0.448. The van der Waals surface area contributed by atoms with Crippen molar-refractivity contribution in [2.75, 3.05) is 25.2 Å². The molecule has 0 saturated carbocycles. The number of rotatable bonds is 5. The number of hydrogen-bond donors (Lipinski definition) is 2. The fraction of sp³-hybridized carbons (Fsp3) is 0.211. The van der Waals surface area contributed by atoms with Crippen molar-refractivity contribution in [2.24, 2.45) is 0 Å². The first-order chi connectivity index (χ1) is 13.5.